The third-order valence-corrected chi connectivity index (χ3v) is 1.87. The fourth-order valence-corrected chi connectivity index (χ4v) is 1.10. The van der Waals surface area contributed by atoms with E-state index in [9.17, 15) is 4.79 Å². The van der Waals surface area contributed by atoms with Gasteiger partial charge < -0.3 is 9.30 Å². The predicted octanol–water partition coefficient (Wildman–Crippen LogP) is 1.19. The number of nitrogens with zero attached hydrogens (tertiary/aromatic N) is 2. The number of esters is 1. The Morgan fingerprint density at radius 2 is 2.47 bits per heavy atom. The SMILES string of the molecule is COC(=O)c1nc(C#CCCCl)cn1C. The molecule has 0 radical (unpaired) electrons. The van der Waals surface area contributed by atoms with Crippen LogP contribution in [0, 0.1) is 11.8 Å². The van der Waals surface area contributed by atoms with Crippen molar-refractivity contribution in [1.82, 2.24) is 9.55 Å². The Morgan fingerprint density at radius 3 is 3.07 bits per heavy atom. The van der Waals surface area contributed by atoms with E-state index in [0.29, 0.717) is 18.0 Å². The molecular formula is C10H11ClN2O2. The lowest BCUT2D eigenvalue weighted by atomic mass is 10.4. The highest BCUT2D eigenvalue weighted by atomic mass is 35.5. The number of aromatic nitrogens is 2. The number of rotatable bonds is 2. The fraction of sp³-hybridized carbons (Fsp3) is 0.400. The van der Waals surface area contributed by atoms with Gasteiger partial charge in [0, 0.05) is 25.5 Å². The van der Waals surface area contributed by atoms with Crippen LogP contribution in [-0.2, 0) is 11.8 Å². The number of halogens is 1. The molecule has 0 saturated carbocycles. The number of methoxy groups -OCH3 is 1. The molecule has 0 unspecified atom stereocenters. The molecule has 80 valence electrons. The van der Waals surface area contributed by atoms with Gasteiger partial charge in [-0.3, -0.25) is 0 Å². The minimum atomic E-state index is -0.470. The summed E-state index contributed by atoms with van der Waals surface area (Å²) >= 11 is 5.47. The number of aryl methyl sites for hydroxylation is 1. The molecule has 0 atom stereocenters. The summed E-state index contributed by atoms with van der Waals surface area (Å²) in [5.41, 5.74) is 0.544. The van der Waals surface area contributed by atoms with Gasteiger partial charge in [-0.15, -0.1) is 11.6 Å². The molecule has 0 fully saturated rings. The zero-order valence-corrected chi connectivity index (χ0v) is 9.34. The van der Waals surface area contributed by atoms with E-state index in [1.54, 1.807) is 17.8 Å². The first-order valence-corrected chi connectivity index (χ1v) is 4.89. The molecule has 0 spiro atoms. The summed E-state index contributed by atoms with van der Waals surface area (Å²) in [5.74, 6) is 5.91. The Balaban J connectivity index is 2.87. The van der Waals surface area contributed by atoms with Crippen molar-refractivity contribution in [2.24, 2.45) is 7.05 Å². The summed E-state index contributed by atoms with van der Waals surface area (Å²) < 4.78 is 6.14. The van der Waals surface area contributed by atoms with Gasteiger partial charge in [-0.25, -0.2) is 9.78 Å². The van der Waals surface area contributed by atoms with Crippen LogP contribution in [0.4, 0.5) is 0 Å². The van der Waals surface area contributed by atoms with E-state index in [4.69, 9.17) is 11.6 Å². The molecule has 1 aromatic heterocycles. The maximum Gasteiger partial charge on any atom is 0.374 e. The summed E-state index contributed by atoms with van der Waals surface area (Å²) in [7, 11) is 3.03. The minimum absolute atomic E-state index is 0.243. The normalized spacial score (nSPS) is 9.27. The third-order valence-electron chi connectivity index (χ3n) is 1.68. The van der Waals surface area contributed by atoms with Crippen molar-refractivity contribution in [3.05, 3.63) is 17.7 Å². The van der Waals surface area contributed by atoms with Crippen LogP contribution < -0.4 is 0 Å². The first kappa shape index (κ1) is 11.6. The van der Waals surface area contributed by atoms with Crippen molar-refractivity contribution in [2.75, 3.05) is 13.0 Å². The molecule has 0 aliphatic rings. The molecule has 4 nitrogen and oxygen atoms in total. The summed E-state index contributed by atoms with van der Waals surface area (Å²) in [6.45, 7) is 0. The predicted molar refractivity (Wildman–Crippen MR) is 56.8 cm³/mol. The second kappa shape index (κ2) is 5.42. The van der Waals surface area contributed by atoms with Gasteiger partial charge >= 0.3 is 5.97 Å². The number of ether oxygens (including phenoxy) is 1. The zero-order valence-electron chi connectivity index (χ0n) is 8.58. The average molecular weight is 227 g/mol. The molecular weight excluding hydrogens is 216 g/mol. The third kappa shape index (κ3) is 3.00. The lowest BCUT2D eigenvalue weighted by Gasteiger charge is -1.96. The van der Waals surface area contributed by atoms with Crippen LogP contribution in [0.1, 0.15) is 22.7 Å². The first-order valence-electron chi connectivity index (χ1n) is 4.35. The van der Waals surface area contributed by atoms with Crippen LogP contribution >= 0.6 is 11.6 Å². The standard InChI is InChI=1S/C10H11ClN2O2/c1-13-7-8(5-3-4-6-11)12-9(13)10(14)15-2/h7H,4,6H2,1-2H3. The highest BCUT2D eigenvalue weighted by Crippen LogP contribution is 2.01. The van der Waals surface area contributed by atoms with Gasteiger partial charge in [0.25, 0.3) is 0 Å². The van der Waals surface area contributed by atoms with E-state index in [-0.39, 0.29) is 5.82 Å². The molecule has 5 heteroatoms. The van der Waals surface area contributed by atoms with Crippen LogP contribution in [0.15, 0.2) is 6.20 Å². The summed E-state index contributed by atoms with van der Waals surface area (Å²) in [4.78, 5) is 15.2. The van der Waals surface area contributed by atoms with Crippen molar-refractivity contribution in [3.8, 4) is 11.8 Å². The molecule has 0 bridgehead atoms. The van der Waals surface area contributed by atoms with Crippen LogP contribution in [0.25, 0.3) is 0 Å². The van der Waals surface area contributed by atoms with Gasteiger partial charge in [-0.05, 0) is 5.92 Å². The Kier molecular flexibility index (Phi) is 4.19. The van der Waals surface area contributed by atoms with Crippen LogP contribution in [0.2, 0.25) is 0 Å². The van der Waals surface area contributed by atoms with Crippen LogP contribution in [-0.4, -0.2) is 28.5 Å². The molecule has 0 amide bonds. The highest BCUT2D eigenvalue weighted by Gasteiger charge is 2.12. The molecule has 0 aliphatic carbocycles. The summed E-state index contributed by atoms with van der Waals surface area (Å²) in [5, 5.41) is 0. The quantitative estimate of drug-likeness (QED) is 0.432. The number of imidazole rings is 1. The van der Waals surface area contributed by atoms with E-state index in [1.165, 1.54) is 7.11 Å². The molecule has 0 saturated heterocycles. The van der Waals surface area contributed by atoms with E-state index in [0.717, 1.165) is 0 Å². The molecule has 0 aliphatic heterocycles. The first-order chi connectivity index (χ1) is 7.19. The van der Waals surface area contributed by atoms with Gasteiger partial charge in [0.05, 0.1) is 7.11 Å². The minimum Gasteiger partial charge on any atom is -0.463 e. The Morgan fingerprint density at radius 1 is 1.73 bits per heavy atom. The molecule has 1 heterocycles. The molecule has 0 aromatic carbocycles. The van der Waals surface area contributed by atoms with Crippen molar-refractivity contribution >= 4 is 17.6 Å². The van der Waals surface area contributed by atoms with Gasteiger partial charge in [0.15, 0.2) is 0 Å². The maximum atomic E-state index is 11.2. The Labute approximate surface area is 93.2 Å². The highest BCUT2D eigenvalue weighted by molar-refractivity contribution is 6.18. The van der Waals surface area contributed by atoms with Crippen LogP contribution in [0.3, 0.4) is 0 Å². The number of carbonyl (C=O) groups excluding carboxylic acids is 1. The van der Waals surface area contributed by atoms with Crippen molar-refractivity contribution in [2.45, 2.75) is 6.42 Å². The largest absolute Gasteiger partial charge is 0.463 e. The second-order valence-corrected chi connectivity index (χ2v) is 3.17. The smallest absolute Gasteiger partial charge is 0.374 e. The Bertz CT molecular complexity index is 415. The van der Waals surface area contributed by atoms with E-state index >= 15 is 0 Å². The second-order valence-electron chi connectivity index (χ2n) is 2.79. The maximum absolute atomic E-state index is 11.2. The van der Waals surface area contributed by atoms with Gasteiger partial charge in [0.2, 0.25) is 5.82 Å². The Hall–Kier alpha value is -1.47. The van der Waals surface area contributed by atoms with E-state index in [2.05, 4.69) is 21.6 Å². The molecule has 1 rings (SSSR count). The van der Waals surface area contributed by atoms with Gasteiger partial charge in [0.1, 0.15) is 5.69 Å². The fourth-order valence-electron chi connectivity index (χ4n) is 1.01. The average Bonchev–Trinajstić information content (AvgIpc) is 2.59. The van der Waals surface area contributed by atoms with Crippen LogP contribution in [0.5, 0.6) is 0 Å². The van der Waals surface area contributed by atoms with Crippen molar-refractivity contribution < 1.29 is 9.53 Å². The van der Waals surface area contributed by atoms with Crippen molar-refractivity contribution in [1.29, 1.82) is 0 Å². The van der Waals surface area contributed by atoms with E-state index < -0.39 is 5.97 Å². The monoisotopic (exact) mass is 226 g/mol. The number of hydrogen-bond acceptors (Lipinski definition) is 3. The number of alkyl halides is 1. The van der Waals surface area contributed by atoms with Crippen molar-refractivity contribution in [3.63, 3.8) is 0 Å². The van der Waals surface area contributed by atoms with Gasteiger partial charge in [-0.1, -0.05) is 5.92 Å². The molecule has 15 heavy (non-hydrogen) atoms. The summed E-state index contributed by atoms with van der Waals surface area (Å²) in [6.07, 6.45) is 2.28. The van der Waals surface area contributed by atoms with E-state index in [1.807, 2.05) is 0 Å². The molecule has 0 N–H and O–H groups in total. The zero-order chi connectivity index (χ0) is 11.3. The van der Waals surface area contributed by atoms with Gasteiger partial charge in [-0.2, -0.15) is 0 Å². The summed E-state index contributed by atoms with van der Waals surface area (Å²) in [6, 6.07) is 0. The number of hydrogen-bond donors (Lipinski definition) is 0. The molecule has 1 aromatic rings. The lowest BCUT2D eigenvalue weighted by molar-refractivity contribution is 0.0582. The lowest BCUT2D eigenvalue weighted by Crippen LogP contribution is -2.08. The number of carbonyl (C=O) groups is 1. The topological polar surface area (TPSA) is 44.1 Å².